The van der Waals surface area contributed by atoms with Crippen LogP contribution < -0.4 is 0 Å². The van der Waals surface area contributed by atoms with E-state index in [9.17, 15) is 4.79 Å². The van der Waals surface area contributed by atoms with Crippen LogP contribution in [0.5, 0.6) is 0 Å². The summed E-state index contributed by atoms with van der Waals surface area (Å²) in [6.45, 7) is 4.34. The predicted octanol–water partition coefficient (Wildman–Crippen LogP) is 1.52. The van der Waals surface area contributed by atoms with Crippen molar-refractivity contribution in [3.63, 3.8) is 0 Å². The molecule has 0 radical (unpaired) electrons. The van der Waals surface area contributed by atoms with E-state index < -0.39 is 0 Å². The normalized spacial score (nSPS) is 21.8. The molecule has 1 fully saturated rings. The Labute approximate surface area is 129 Å². The van der Waals surface area contributed by atoms with Crippen molar-refractivity contribution in [1.82, 2.24) is 30.1 Å². The molecule has 2 atom stereocenters. The van der Waals surface area contributed by atoms with Crippen molar-refractivity contribution in [1.29, 1.82) is 0 Å². The molecule has 1 aliphatic rings. The van der Waals surface area contributed by atoms with Crippen LogP contribution in [0.1, 0.15) is 33.1 Å². The molecule has 0 N–H and O–H groups in total. The number of amides is 1. The zero-order chi connectivity index (χ0) is 15.5. The van der Waals surface area contributed by atoms with Crippen LogP contribution in [0.25, 0.3) is 11.4 Å². The van der Waals surface area contributed by atoms with Gasteiger partial charge in [-0.05, 0) is 50.5 Å². The largest absolute Gasteiger partial charge is 0.336 e. The van der Waals surface area contributed by atoms with E-state index in [1.807, 2.05) is 17.0 Å². The van der Waals surface area contributed by atoms with Gasteiger partial charge in [0.05, 0.1) is 0 Å². The molecule has 22 heavy (non-hydrogen) atoms. The Kier molecular flexibility index (Phi) is 4.13. The first-order valence-corrected chi connectivity index (χ1v) is 7.64. The third-order valence-electron chi connectivity index (χ3n) is 4.15. The molecule has 0 aliphatic carbocycles. The molecule has 7 nitrogen and oxygen atoms in total. The minimum Gasteiger partial charge on any atom is -0.336 e. The molecule has 0 aromatic carbocycles. The zero-order valence-corrected chi connectivity index (χ0v) is 12.9. The Hall–Kier alpha value is -2.31. The number of hydrogen-bond acceptors (Lipinski definition) is 5. The minimum absolute atomic E-state index is 0.0541. The molecule has 2 aromatic rings. The highest BCUT2D eigenvalue weighted by molar-refractivity contribution is 5.76. The van der Waals surface area contributed by atoms with Crippen molar-refractivity contribution < 1.29 is 4.79 Å². The Balaban J connectivity index is 1.71. The summed E-state index contributed by atoms with van der Waals surface area (Å²) < 4.78 is 0. The molecule has 0 saturated carbocycles. The summed E-state index contributed by atoms with van der Waals surface area (Å²) in [5, 5.41) is 12.3. The van der Waals surface area contributed by atoms with Crippen molar-refractivity contribution in [3.05, 3.63) is 24.5 Å². The van der Waals surface area contributed by atoms with Gasteiger partial charge in [0, 0.05) is 30.0 Å². The summed E-state index contributed by atoms with van der Waals surface area (Å²) in [7, 11) is 0. The fourth-order valence-electron chi connectivity index (χ4n) is 3.04. The van der Waals surface area contributed by atoms with E-state index in [4.69, 9.17) is 0 Å². The third-order valence-corrected chi connectivity index (χ3v) is 4.15. The summed E-state index contributed by atoms with van der Waals surface area (Å²) in [4.78, 5) is 19.8. The molecule has 1 aliphatic heterocycles. The lowest BCUT2D eigenvalue weighted by atomic mass is 9.97. The van der Waals surface area contributed by atoms with Crippen molar-refractivity contribution in [2.75, 3.05) is 0 Å². The molecule has 0 unspecified atom stereocenters. The summed E-state index contributed by atoms with van der Waals surface area (Å²) in [5.74, 6) is 0.563. The van der Waals surface area contributed by atoms with Crippen LogP contribution in [-0.4, -0.2) is 48.1 Å². The van der Waals surface area contributed by atoms with Gasteiger partial charge >= 0.3 is 0 Å². The number of likely N-dealkylation sites (tertiary alicyclic amines) is 1. The predicted molar refractivity (Wildman–Crippen MR) is 80.7 cm³/mol. The number of tetrazole rings is 1. The average molecular weight is 300 g/mol. The molecule has 0 spiro atoms. The molecule has 1 saturated heterocycles. The lowest BCUT2D eigenvalue weighted by molar-refractivity contribution is -0.138. The van der Waals surface area contributed by atoms with Crippen molar-refractivity contribution >= 4 is 5.91 Å². The van der Waals surface area contributed by atoms with Crippen molar-refractivity contribution in [3.8, 4) is 11.4 Å². The van der Waals surface area contributed by atoms with Crippen LogP contribution in [-0.2, 0) is 11.3 Å². The van der Waals surface area contributed by atoms with Crippen LogP contribution in [0.4, 0.5) is 0 Å². The lowest BCUT2D eigenvalue weighted by Crippen LogP contribution is -2.48. The molecule has 3 rings (SSSR count). The average Bonchev–Trinajstić information content (AvgIpc) is 2.96. The second-order valence-corrected chi connectivity index (χ2v) is 5.81. The van der Waals surface area contributed by atoms with Gasteiger partial charge in [0.2, 0.25) is 11.7 Å². The van der Waals surface area contributed by atoms with Crippen LogP contribution in [0.3, 0.4) is 0 Å². The molecular weight excluding hydrogens is 280 g/mol. The van der Waals surface area contributed by atoms with Gasteiger partial charge in [-0.1, -0.05) is 0 Å². The summed E-state index contributed by atoms with van der Waals surface area (Å²) >= 11 is 0. The SMILES string of the molecule is C[C@@H]1CCC[C@@H](C)N1C(=O)Cn1nnc(-c2ccncc2)n1. The highest BCUT2D eigenvalue weighted by Gasteiger charge is 2.29. The molecule has 7 heteroatoms. The highest BCUT2D eigenvalue weighted by Crippen LogP contribution is 2.22. The Morgan fingerprint density at radius 3 is 2.59 bits per heavy atom. The number of aromatic nitrogens is 5. The van der Waals surface area contributed by atoms with Gasteiger partial charge in [-0.3, -0.25) is 9.78 Å². The molecule has 2 aromatic heterocycles. The monoisotopic (exact) mass is 300 g/mol. The smallest absolute Gasteiger partial charge is 0.246 e. The first-order valence-electron chi connectivity index (χ1n) is 7.64. The maximum absolute atomic E-state index is 12.5. The second-order valence-electron chi connectivity index (χ2n) is 5.81. The van der Waals surface area contributed by atoms with Crippen LogP contribution in [0.15, 0.2) is 24.5 Å². The highest BCUT2D eigenvalue weighted by atomic mass is 16.2. The van der Waals surface area contributed by atoms with Crippen LogP contribution >= 0.6 is 0 Å². The second kappa shape index (κ2) is 6.21. The standard InChI is InChI=1S/C15H20N6O/c1-11-4-3-5-12(2)21(11)14(22)10-20-18-15(17-19-20)13-6-8-16-9-7-13/h6-9,11-12H,3-5,10H2,1-2H3/t11-,12-/m1/s1. The van der Waals surface area contributed by atoms with Gasteiger partial charge in [-0.2, -0.15) is 4.80 Å². The van der Waals surface area contributed by atoms with Crippen molar-refractivity contribution in [2.45, 2.75) is 51.7 Å². The quantitative estimate of drug-likeness (QED) is 0.859. The number of nitrogens with zero attached hydrogens (tertiary/aromatic N) is 6. The first-order chi connectivity index (χ1) is 10.6. The van der Waals surface area contributed by atoms with Gasteiger partial charge in [-0.15, -0.1) is 10.2 Å². The van der Waals surface area contributed by atoms with E-state index in [0.29, 0.717) is 5.82 Å². The van der Waals surface area contributed by atoms with Gasteiger partial charge in [-0.25, -0.2) is 0 Å². The van der Waals surface area contributed by atoms with E-state index in [2.05, 4.69) is 34.2 Å². The van der Waals surface area contributed by atoms with Gasteiger partial charge < -0.3 is 4.90 Å². The van der Waals surface area contributed by atoms with E-state index >= 15 is 0 Å². The zero-order valence-electron chi connectivity index (χ0n) is 12.9. The van der Waals surface area contributed by atoms with E-state index in [1.54, 1.807) is 12.4 Å². The van der Waals surface area contributed by atoms with Gasteiger partial charge in [0.1, 0.15) is 6.54 Å². The first kappa shape index (κ1) is 14.6. The molecular formula is C15H20N6O. The summed E-state index contributed by atoms with van der Waals surface area (Å²) in [6.07, 6.45) is 6.66. The van der Waals surface area contributed by atoms with E-state index in [-0.39, 0.29) is 24.5 Å². The fraction of sp³-hybridized carbons (Fsp3) is 0.533. The third kappa shape index (κ3) is 2.98. The number of carbonyl (C=O) groups excluding carboxylic acids is 1. The molecule has 1 amide bonds. The number of carbonyl (C=O) groups is 1. The summed E-state index contributed by atoms with van der Waals surface area (Å²) in [5.41, 5.74) is 0.841. The van der Waals surface area contributed by atoms with E-state index in [0.717, 1.165) is 18.4 Å². The maximum Gasteiger partial charge on any atom is 0.246 e. The summed E-state index contributed by atoms with van der Waals surface area (Å²) in [6, 6.07) is 4.19. The number of piperidine rings is 1. The Bertz CT molecular complexity index is 630. The number of rotatable bonds is 3. The molecule has 116 valence electrons. The minimum atomic E-state index is 0.0541. The van der Waals surface area contributed by atoms with Gasteiger partial charge in [0.25, 0.3) is 0 Å². The Morgan fingerprint density at radius 1 is 1.23 bits per heavy atom. The topological polar surface area (TPSA) is 76.8 Å². The fourth-order valence-corrected chi connectivity index (χ4v) is 3.04. The van der Waals surface area contributed by atoms with E-state index in [1.165, 1.54) is 11.2 Å². The van der Waals surface area contributed by atoms with Crippen molar-refractivity contribution in [2.24, 2.45) is 0 Å². The lowest BCUT2D eigenvalue weighted by Gasteiger charge is -2.38. The molecule has 3 heterocycles. The Morgan fingerprint density at radius 2 is 1.91 bits per heavy atom. The molecule has 0 bridgehead atoms. The number of pyridine rings is 1. The van der Waals surface area contributed by atoms with Crippen LogP contribution in [0, 0.1) is 0 Å². The van der Waals surface area contributed by atoms with Gasteiger partial charge in [0.15, 0.2) is 0 Å². The number of hydrogen-bond donors (Lipinski definition) is 0. The van der Waals surface area contributed by atoms with Crippen LogP contribution in [0.2, 0.25) is 0 Å². The maximum atomic E-state index is 12.5.